The molecule has 41 heavy (non-hydrogen) atoms. The molecule has 0 aromatic carbocycles. The fourth-order valence-electron chi connectivity index (χ4n) is 5.13. The fraction of sp³-hybridized carbons (Fsp3) is 0.909. The van der Waals surface area contributed by atoms with Crippen molar-refractivity contribution in [2.75, 3.05) is 46.1 Å². The lowest BCUT2D eigenvalue weighted by atomic mass is 10.0. The van der Waals surface area contributed by atoms with E-state index in [1.807, 2.05) is 0 Å². The molecule has 1 aliphatic heterocycles. The Morgan fingerprint density at radius 3 is 2.02 bits per heavy atom. The summed E-state index contributed by atoms with van der Waals surface area (Å²) in [6.45, 7) is 14.8. The number of hydrogen-bond acceptors (Lipinski definition) is 7. The summed E-state index contributed by atoms with van der Waals surface area (Å²) in [5, 5.41) is 2.87. The van der Waals surface area contributed by atoms with Crippen LogP contribution in [0.5, 0.6) is 0 Å². The number of carbonyl (C=O) groups is 2. The second kappa shape index (κ2) is 26.3. The first-order valence-corrected chi connectivity index (χ1v) is 16.9. The summed E-state index contributed by atoms with van der Waals surface area (Å²) < 4.78 is 22.7. The number of piperidine rings is 1. The SMILES string of the molecule is [CH2]C(COC(=O)CCC(OCCCCCCCC)OCCCCCCCC)COC(=O)NCC1CCCCN1CC. The van der Waals surface area contributed by atoms with E-state index in [0.29, 0.717) is 32.2 Å². The van der Waals surface area contributed by atoms with E-state index < -0.39 is 6.09 Å². The zero-order valence-electron chi connectivity index (χ0n) is 26.8. The van der Waals surface area contributed by atoms with Crippen molar-refractivity contribution in [3.05, 3.63) is 6.92 Å². The normalized spacial score (nSPS) is 16.6. The third kappa shape index (κ3) is 21.0. The zero-order chi connectivity index (χ0) is 30.0. The van der Waals surface area contributed by atoms with E-state index >= 15 is 0 Å². The summed E-state index contributed by atoms with van der Waals surface area (Å²) >= 11 is 0. The molecule has 1 aliphatic rings. The van der Waals surface area contributed by atoms with Gasteiger partial charge in [-0.05, 0) is 45.7 Å². The van der Waals surface area contributed by atoms with Gasteiger partial charge in [-0.25, -0.2) is 4.79 Å². The molecule has 0 aromatic heterocycles. The molecule has 0 bridgehead atoms. The van der Waals surface area contributed by atoms with Crippen molar-refractivity contribution in [3.8, 4) is 0 Å². The molecule has 241 valence electrons. The van der Waals surface area contributed by atoms with Crippen molar-refractivity contribution in [1.82, 2.24) is 10.2 Å². The van der Waals surface area contributed by atoms with E-state index in [2.05, 4.69) is 37.9 Å². The second-order valence-corrected chi connectivity index (χ2v) is 11.6. The Labute approximate surface area is 251 Å². The van der Waals surface area contributed by atoms with E-state index in [9.17, 15) is 9.59 Å². The standard InChI is InChI=1S/C33H63N2O6/c1-5-8-10-12-14-18-24-38-32(39-25-19-15-13-11-9-6-2)22-21-31(36)40-27-29(4)28-41-33(37)34-26-30-20-16-17-23-35(30)7-3/h29-30,32H,4-28H2,1-3H3,(H,34,37). The van der Waals surface area contributed by atoms with Gasteiger partial charge < -0.3 is 24.3 Å². The van der Waals surface area contributed by atoms with Crippen LogP contribution in [0.4, 0.5) is 4.79 Å². The number of unbranched alkanes of at least 4 members (excludes halogenated alkanes) is 10. The van der Waals surface area contributed by atoms with Crippen LogP contribution in [0.1, 0.15) is 130 Å². The average molecular weight is 584 g/mol. The molecule has 0 spiro atoms. The number of hydrogen-bond donors (Lipinski definition) is 1. The molecule has 1 radical (unpaired) electrons. The molecule has 2 unspecified atom stereocenters. The number of alkyl carbamates (subject to hydrolysis) is 1. The minimum absolute atomic E-state index is 0.104. The average Bonchev–Trinajstić information content (AvgIpc) is 2.99. The van der Waals surface area contributed by atoms with Gasteiger partial charge in [-0.3, -0.25) is 9.69 Å². The van der Waals surface area contributed by atoms with Gasteiger partial charge in [0.15, 0.2) is 6.29 Å². The van der Waals surface area contributed by atoms with Crippen LogP contribution in [0.2, 0.25) is 0 Å². The molecule has 1 fully saturated rings. The van der Waals surface area contributed by atoms with Gasteiger partial charge in [0.05, 0.1) is 19.6 Å². The van der Waals surface area contributed by atoms with Gasteiger partial charge in [0.25, 0.3) is 0 Å². The maximum Gasteiger partial charge on any atom is 0.407 e. The third-order valence-electron chi connectivity index (χ3n) is 7.75. The Balaban J connectivity index is 2.25. The van der Waals surface area contributed by atoms with Gasteiger partial charge in [-0.15, -0.1) is 0 Å². The van der Waals surface area contributed by atoms with E-state index in [4.69, 9.17) is 18.9 Å². The quantitative estimate of drug-likeness (QED) is 0.0643. The molecule has 0 saturated carbocycles. The van der Waals surface area contributed by atoms with Gasteiger partial charge >= 0.3 is 12.1 Å². The summed E-state index contributed by atoms with van der Waals surface area (Å²) in [4.78, 5) is 26.9. The Morgan fingerprint density at radius 2 is 1.41 bits per heavy atom. The van der Waals surface area contributed by atoms with Crippen LogP contribution < -0.4 is 5.32 Å². The molecule has 1 rings (SSSR count). The summed E-state index contributed by atoms with van der Waals surface area (Å²) in [6.07, 6.45) is 17.8. The lowest BCUT2D eigenvalue weighted by Gasteiger charge is -2.34. The summed E-state index contributed by atoms with van der Waals surface area (Å²) in [5.74, 6) is -0.633. The number of likely N-dealkylation sites (tertiary alicyclic amines) is 1. The molecule has 1 saturated heterocycles. The highest BCUT2D eigenvalue weighted by Crippen LogP contribution is 2.16. The highest BCUT2D eigenvalue weighted by Gasteiger charge is 2.22. The first-order valence-electron chi connectivity index (χ1n) is 16.9. The van der Waals surface area contributed by atoms with Crippen LogP contribution in [-0.2, 0) is 23.7 Å². The number of likely N-dealkylation sites (N-methyl/N-ethyl adjacent to an activating group) is 1. The highest BCUT2D eigenvalue weighted by molar-refractivity contribution is 5.69. The van der Waals surface area contributed by atoms with Gasteiger partial charge in [0.2, 0.25) is 0 Å². The largest absolute Gasteiger partial charge is 0.465 e. The summed E-state index contributed by atoms with van der Waals surface area (Å²) in [7, 11) is 0. The Morgan fingerprint density at radius 1 is 0.829 bits per heavy atom. The van der Waals surface area contributed by atoms with Crippen molar-refractivity contribution in [1.29, 1.82) is 0 Å². The zero-order valence-corrected chi connectivity index (χ0v) is 26.8. The van der Waals surface area contributed by atoms with E-state index in [1.165, 1.54) is 64.2 Å². The molecular weight excluding hydrogens is 520 g/mol. The van der Waals surface area contributed by atoms with Gasteiger partial charge in [-0.2, -0.15) is 0 Å². The lowest BCUT2D eigenvalue weighted by molar-refractivity contribution is -0.160. The molecule has 0 aromatic rings. The van der Waals surface area contributed by atoms with Crippen molar-refractivity contribution in [2.24, 2.45) is 5.92 Å². The number of nitrogens with zero attached hydrogens (tertiary/aromatic N) is 1. The molecule has 8 heteroatoms. The molecule has 8 nitrogen and oxygen atoms in total. The van der Waals surface area contributed by atoms with E-state index in [-0.39, 0.29) is 37.8 Å². The molecule has 1 heterocycles. The molecular formula is C33H63N2O6. The van der Waals surface area contributed by atoms with Crippen LogP contribution in [0.15, 0.2) is 0 Å². The number of esters is 1. The van der Waals surface area contributed by atoms with E-state index in [1.54, 1.807) is 0 Å². The van der Waals surface area contributed by atoms with Gasteiger partial charge in [0, 0.05) is 38.1 Å². The maximum absolute atomic E-state index is 12.4. The smallest absolute Gasteiger partial charge is 0.407 e. The number of carbonyl (C=O) groups excluding carboxylic acids is 2. The van der Waals surface area contributed by atoms with Crippen molar-refractivity contribution >= 4 is 12.1 Å². The number of rotatable bonds is 26. The van der Waals surface area contributed by atoms with Crippen LogP contribution in [-0.4, -0.2) is 75.4 Å². The lowest BCUT2D eigenvalue weighted by Crippen LogP contribution is -2.46. The Bertz CT molecular complexity index is 617. The monoisotopic (exact) mass is 583 g/mol. The highest BCUT2D eigenvalue weighted by atomic mass is 16.7. The van der Waals surface area contributed by atoms with Crippen LogP contribution in [0, 0.1) is 12.8 Å². The molecule has 1 amide bonds. The van der Waals surface area contributed by atoms with Crippen LogP contribution in [0.3, 0.4) is 0 Å². The van der Waals surface area contributed by atoms with E-state index in [0.717, 1.165) is 45.2 Å². The van der Waals surface area contributed by atoms with Crippen molar-refractivity contribution in [3.63, 3.8) is 0 Å². The van der Waals surface area contributed by atoms with Crippen LogP contribution >= 0.6 is 0 Å². The van der Waals surface area contributed by atoms with Gasteiger partial charge in [0.1, 0.15) is 0 Å². The first-order chi connectivity index (χ1) is 20.0. The first kappa shape index (κ1) is 37.6. The maximum atomic E-state index is 12.4. The number of ether oxygens (including phenoxy) is 4. The predicted molar refractivity (Wildman–Crippen MR) is 166 cm³/mol. The molecule has 2 atom stereocenters. The fourth-order valence-corrected chi connectivity index (χ4v) is 5.13. The van der Waals surface area contributed by atoms with Crippen molar-refractivity contribution < 1.29 is 28.5 Å². The number of amides is 1. The Hall–Kier alpha value is -1.38. The summed E-state index contributed by atoms with van der Waals surface area (Å²) in [6, 6.07) is 0.367. The molecule has 1 N–H and O–H groups in total. The Kier molecular flexibility index (Phi) is 24.1. The second-order valence-electron chi connectivity index (χ2n) is 11.6. The topological polar surface area (TPSA) is 86.3 Å². The third-order valence-corrected chi connectivity index (χ3v) is 7.75. The minimum atomic E-state index is -0.445. The molecule has 0 aliphatic carbocycles. The summed E-state index contributed by atoms with van der Waals surface area (Å²) in [5.41, 5.74) is 0. The van der Waals surface area contributed by atoms with Gasteiger partial charge in [-0.1, -0.05) is 91.4 Å². The minimum Gasteiger partial charge on any atom is -0.465 e. The predicted octanol–water partition coefficient (Wildman–Crippen LogP) is 7.44. The van der Waals surface area contributed by atoms with Crippen LogP contribution in [0.25, 0.3) is 0 Å². The number of nitrogens with one attached hydrogen (secondary N) is 1. The van der Waals surface area contributed by atoms with Crippen molar-refractivity contribution in [2.45, 2.75) is 142 Å².